The number of azide groups is 1. The predicted octanol–water partition coefficient (Wildman–Crippen LogP) is 1.51. The number of phenols is 1. The Morgan fingerprint density at radius 1 is 0.917 bits per heavy atom. The van der Waals surface area contributed by atoms with E-state index < -0.39 is 77.7 Å². The number of amides is 5. The lowest BCUT2D eigenvalue weighted by Gasteiger charge is -2.31. The fourth-order valence-corrected chi connectivity index (χ4v) is 6.86. The first kappa shape index (κ1) is 50.5. The summed E-state index contributed by atoms with van der Waals surface area (Å²) in [6.45, 7) is 8.32. The van der Waals surface area contributed by atoms with E-state index in [1.54, 1.807) is 19.1 Å². The zero-order valence-corrected chi connectivity index (χ0v) is 35.8. The Morgan fingerprint density at radius 2 is 1.58 bits per heavy atom. The van der Waals surface area contributed by atoms with Gasteiger partial charge in [0.25, 0.3) is 0 Å². The number of guanidine groups is 1. The molecular formula is C40H66N12O8. The third-order valence-corrected chi connectivity index (χ3v) is 10.3. The number of aliphatic carboxylic acids is 1. The van der Waals surface area contributed by atoms with Crippen LogP contribution in [0.25, 0.3) is 10.4 Å². The summed E-state index contributed by atoms with van der Waals surface area (Å²) in [6, 6.07) is -0.823. The number of carboxylic acid groups (broad SMARTS) is 1. The van der Waals surface area contributed by atoms with Crippen molar-refractivity contribution in [2.75, 3.05) is 33.7 Å². The number of carbonyl (C=O) groups is 6. The minimum atomic E-state index is -1.27. The number of unbranched alkanes of at least 4 members (excludes halogenated alkanes) is 1. The summed E-state index contributed by atoms with van der Waals surface area (Å²) in [5.74, 6) is -5.07. The highest BCUT2D eigenvalue weighted by atomic mass is 16.4. The molecule has 20 heteroatoms. The number of hydrogen-bond donors (Lipinski definition) is 8. The molecule has 0 bridgehead atoms. The summed E-state index contributed by atoms with van der Waals surface area (Å²) in [5.41, 5.74) is 20.7. The van der Waals surface area contributed by atoms with E-state index in [1.165, 1.54) is 17.0 Å². The predicted molar refractivity (Wildman–Crippen MR) is 226 cm³/mol. The molecule has 2 rings (SSSR count). The van der Waals surface area contributed by atoms with Crippen molar-refractivity contribution in [3.8, 4) is 5.75 Å². The van der Waals surface area contributed by atoms with Crippen molar-refractivity contribution in [3.63, 3.8) is 0 Å². The largest absolute Gasteiger partial charge is 0.508 e. The first-order valence-corrected chi connectivity index (χ1v) is 20.6. The van der Waals surface area contributed by atoms with Crippen LogP contribution in [0.3, 0.4) is 0 Å². The maximum atomic E-state index is 14.3. The van der Waals surface area contributed by atoms with Crippen molar-refractivity contribution in [3.05, 3.63) is 40.3 Å². The lowest BCUT2D eigenvalue weighted by atomic mass is 9.96. The fourth-order valence-electron chi connectivity index (χ4n) is 6.86. The standard InChI is InChI=1S/C40H66N12O8/c1-7-25(4)33(37(57)47-31(39(59)60)22-24(2)3)48-35(55)30(23-26-15-17-27(53)18-16-26)46-36(56)32-14-11-21-52(32)38(58)29(13-10-19-44-40(41)42)45-34(54)28(49-50-43)12-8-9-20-51(5)6/h15-18,24-25,28-33,53H,7-14,19-23H2,1-6H3,(H,45,54)(H,46,56)(H,47,57)(H,48,55)(H,59,60)(H4,41,42,44)/t25-,28-,29+,30+,31+,32+,33+/m0/s1. The molecular weight excluding hydrogens is 777 g/mol. The average molecular weight is 843 g/mol. The second-order valence-corrected chi connectivity index (χ2v) is 16.1. The molecule has 0 saturated carbocycles. The Balaban J connectivity index is 2.40. The maximum Gasteiger partial charge on any atom is 0.326 e. The monoisotopic (exact) mass is 843 g/mol. The Morgan fingerprint density at radius 3 is 2.17 bits per heavy atom. The molecule has 1 fully saturated rings. The Hall–Kier alpha value is -5.62. The lowest BCUT2D eigenvalue weighted by Crippen LogP contribution is -2.60. The van der Waals surface area contributed by atoms with Gasteiger partial charge in [0.05, 0.1) is 0 Å². The van der Waals surface area contributed by atoms with E-state index in [-0.39, 0.29) is 62.8 Å². The molecule has 1 heterocycles. The van der Waals surface area contributed by atoms with Crippen molar-refractivity contribution in [2.24, 2.45) is 33.4 Å². The van der Waals surface area contributed by atoms with Gasteiger partial charge in [0.15, 0.2) is 5.96 Å². The SMILES string of the molecule is CC[C@H](C)[C@@H](NC(=O)[C@@H](Cc1ccc(O)cc1)NC(=O)[C@H]1CCCN1C(=O)[C@@H](CCCN=C(N)N)NC(=O)[C@H](CCCCN(C)C)N=[N+]=[N-])C(=O)N[C@H](CC(C)C)C(=O)O. The summed E-state index contributed by atoms with van der Waals surface area (Å²) in [6.07, 6.45) is 3.25. The van der Waals surface area contributed by atoms with Crippen molar-refractivity contribution in [1.82, 2.24) is 31.1 Å². The van der Waals surface area contributed by atoms with Gasteiger partial charge in [0.1, 0.15) is 42.0 Å². The number of aliphatic imine (C=N–C) groups is 1. The van der Waals surface area contributed by atoms with E-state index >= 15 is 0 Å². The van der Waals surface area contributed by atoms with Crippen LogP contribution in [0.4, 0.5) is 0 Å². The summed E-state index contributed by atoms with van der Waals surface area (Å²) in [5, 5.41) is 34.2. The van der Waals surface area contributed by atoms with Gasteiger partial charge in [-0.2, -0.15) is 0 Å². The summed E-state index contributed by atoms with van der Waals surface area (Å²) >= 11 is 0. The Labute approximate surface area is 352 Å². The lowest BCUT2D eigenvalue weighted by molar-refractivity contribution is -0.143. The summed E-state index contributed by atoms with van der Waals surface area (Å²) < 4.78 is 0. The van der Waals surface area contributed by atoms with Crippen LogP contribution in [0.1, 0.15) is 91.0 Å². The van der Waals surface area contributed by atoms with Crippen LogP contribution in [-0.4, -0.2) is 131 Å². The number of rotatable bonds is 26. The first-order valence-electron chi connectivity index (χ1n) is 20.6. The minimum Gasteiger partial charge on any atom is -0.508 e. The summed E-state index contributed by atoms with van der Waals surface area (Å²) in [4.78, 5) is 91.7. The smallest absolute Gasteiger partial charge is 0.326 e. The normalized spacial score (nSPS) is 16.7. The van der Waals surface area contributed by atoms with Crippen molar-refractivity contribution < 1.29 is 39.0 Å². The Kier molecular flexibility index (Phi) is 21.7. The quantitative estimate of drug-likeness (QED) is 0.0165. The zero-order valence-electron chi connectivity index (χ0n) is 35.8. The van der Waals surface area contributed by atoms with Crippen LogP contribution in [0, 0.1) is 11.8 Å². The third-order valence-electron chi connectivity index (χ3n) is 10.3. The van der Waals surface area contributed by atoms with Gasteiger partial charge >= 0.3 is 5.97 Å². The number of nitrogens with zero attached hydrogens (tertiary/aromatic N) is 6. The molecule has 334 valence electrons. The maximum absolute atomic E-state index is 14.3. The first-order chi connectivity index (χ1) is 28.4. The molecule has 0 spiro atoms. The number of hydrogen-bond acceptors (Lipinski definition) is 10. The van der Waals surface area contributed by atoms with E-state index in [4.69, 9.17) is 11.5 Å². The van der Waals surface area contributed by atoms with Gasteiger partial charge in [0, 0.05) is 24.4 Å². The van der Waals surface area contributed by atoms with Crippen LogP contribution in [0.5, 0.6) is 5.75 Å². The number of benzene rings is 1. The van der Waals surface area contributed by atoms with E-state index in [1.807, 2.05) is 39.8 Å². The van der Waals surface area contributed by atoms with Gasteiger partial charge in [-0.3, -0.25) is 29.0 Å². The van der Waals surface area contributed by atoms with E-state index in [0.717, 1.165) is 13.0 Å². The van der Waals surface area contributed by atoms with Gasteiger partial charge < -0.3 is 52.7 Å². The van der Waals surface area contributed by atoms with Crippen LogP contribution >= 0.6 is 0 Å². The Bertz CT molecular complexity index is 1660. The minimum absolute atomic E-state index is 0.0122. The molecule has 10 N–H and O–H groups in total. The highest BCUT2D eigenvalue weighted by Crippen LogP contribution is 2.22. The van der Waals surface area contributed by atoms with Crippen molar-refractivity contribution >= 4 is 41.5 Å². The van der Waals surface area contributed by atoms with E-state index in [9.17, 15) is 44.5 Å². The molecule has 0 aliphatic carbocycles. The number of carbonyl (C=O) groups excluding carboxylic acids is 5. The second-order valence-electron chi connectivity index (χ2n) is 16.1. The molecule has 5 amide bonds. The van der Waals surface area contributed by atoms with Crippen molar-refractivity contribution in [1.29, 1.82) is 0 Å². The van der Waals surface area contributed by atoms with Crippen LogP contribution in [0.2, 0.25) is 0 Å². The summed E-state index contributed by atoms with van der Waals surface area (Å²) in [7, 11) is 3.84. The van der Waals surface area contributed by atoms with Gasteiger partial charge in [-0.05, 0) is 101 Å². The highest BCUT2D eigenvalue weighted by Gasteiger charge is 2.40. The molecule has 1 aromatic carbocycles. The van der Waals surface area contributed by atoms with Gasteiger partial charge in [-0.15, -0.1) is 0 Å². The average Bonchev–Trinajstić information content (AvgIpc) is 3.69. The number of carboxylic acids is 1. The molecule has 1 aliphatic heterocycles. The number of likely N-dealkylation sites (tertiary alicyclic amines) is 1. The molecule has 1 aliphatic rings. The van der Waals surface area contributed by atoms with E-state index in [0.29, 0.717) is 31.2 Å². The highest BCUT2D eigenvalue weighted by molar-refractivity contribution is 5.97. The number of aromatic hydroxyl groups is 1. The molecule has 1 saturated heterocycles. The molecule has 0 aromatic heterocycles. The zero-order chi connectivity index (χ0) is 44.9. The molecule has 0 unspecified atom stereocenters. The third kappa shape index (κ3) is 17.3. The topological polar surface area (TPSA) is 311 Å². The molecule has 20 nitrogen and oxygen atoms in total. The van der Waals surface area contributed by atoms with Gasteiger partial charge in [-0.25, -0.2) is 4.79 Å². The van der Waals surface area contributed by atoms with Crippen LogP contribution < -0.4 is 32.7 Å². The number of phenolic OH excluding ortho intramolecular Hbond substituents is 1. The van der Waals surface area contributed by atoms with Gasteiger partial charge in [-0.1, -0.05) is 57.8 Å². The van der Waals surface area contributed by atoms with Crippen LogP contribution in [0.15, 0.2) is 34.4 Å². The van der Waals surface area contributed by atoms with E-state index in [2.05, 4.69) is 36.3 Å². The van der Waals surface area contributed by atoms with Gasteiger partial charge in [0.2, 0.25) is 29.5 Å². The molecule has 60 heavy (non-hydrogen) atoms. The number of nitrogens with one attached hydrogen (secondary N) is 4. The number of nitrogens with two attached hydrogens (primary N) is 2. The fraction of sp³-hybridized carbons (Fsp3) is 0.675. The molecule has 0 radical (unpaired) electrons. The van der Waals surface area contributed by atoms with Crippen molar-refractivity contribution in [2.45, 2.75) is 128 Å². The molecule has 1 aromatic rings. The molecule has 7 atom stereocenters. The van der Waals surface area contributed by atoms with Crippen LogP contribution in [-0.2, 0) is 35.2 Å². The second kappa shape index (κ2) is 25.8.